The average Bonchev–Trinajstić information content (AvgIpc) is 2.81. The molecule has 1 aliphatic rings. The highest BCUT2D eigenvalue weighted by atomic mass is 16.5. The van der Waals surface area contributed by atoms with E-state index in [0.717, 1.165) is 0 Å². The molecule has 82 valence electrons. The number of aliphatic hydroxyl groups is 1. The molecular weight excluding hydrogens is 200 g/mol. The van der Waals surface area contributed by atoms with Crippen LogP contribution in [-0.2, 0) is 4.74 Å². The van der Waals surface area contributed by atoms with E-state index in [9.17, 15) is 4.79 Å². The molecule has 6 heteroatoms. The van der Waals surface area contributed by atoms with Crippen molar-refractivity contribution in [3.8, 4) is 0 Å². The zero-order valence-electron chi connectivity index (χ0n) is 8.13. The highest BCUT2D eigenvalue weighted by Gasteiger charge is 2.26. The third-order valence-electron chi connectivity index (χ3n) is 2.28. The number of carbonyl (C=O) groups is 1. The van der Waals surface area contributed by atoms with Crippen molar-refractivity contribution in [2.24, 2.45) is 0 Å². The number of carbonyl (C=O) groups excluding carboxylic acids is 1. The summed E-state index contributed by atoms with van der Waals surface area (Å²) in [5.41, 5.74) is 0. The molecular formula is C9H12N2O4. The second kappa shape index (κ2) is 4.41. The third kappa shape index (κ3) is 2.16. The number of aromatic nitrogens is 1. The van der Waals surface area contributed by atoms with E-state index in [1.165, 1.54) is 12.3 Å². The Morgan fingerprint density at radius 2 is 2.60 bits per heavy atom. The van der Waals surface area contributed by atoms with Crippen LogP contribution in [0.15, 0.2) is 16.8 Å². The van der Waals surface area contributed by atoms with Crippen molar-refractivity contribution in [1.82, 2.24) is 10.1 Å². The summed E-state index contributed by atoms with van der Waals surface area (Å²) in [7, 11) is 0. The van der Waals surface area contributed by atoms with E-state index in [2.05, 4.69) is 5.16 Å². The minimum Gasteiger partial charge on any atom is -0.394 e. The minimum absolute atomic E-state index is 0.0832. The lowest BCUT2D eigenvalue weighted by molar-refractivity contribution is -0.0455. The molecule has 1 aromatic heterocycles. The fraction of sp³-hybridized carbons (Fsp3) is 0.556. The van der Waals surface area contributed by atoms with Gasteiger partial charge in [0.2, 0.25) is 5.76 Å². The third-order valence-corrected chi connectivity index (χ3v) is 2.28. The highest BCUT2D eigenvalue weighted by molar-refractivity contribution is 5.91. The molecule has 0 aromatic carbocycles. The molecule has 0 bridgehead atoms. The Morgan fingerprint density at radius 1 is 1.73 bits per heavy atom. The molecule has 0 radical (unpaired) electrons. The predicted octanol–water partition coefficient (Wildman–Crippen LogP) is -0.492. The highest BCUT2D eigenvalue weighted by Crippen LogP contribution is 2.09. The maximum absolute atomic E-state index is 11.8. The molecule has 1 saturated heterocycles. The Bertz CT molecular complexity index is 325. The van der Waals surface area contributed by atoms with Crippen molar-refractivity contribution >= 4 is 5.91 Å². The number of ether oxygens (including phenoxy) is 1. The SMILES string of the molecule is O=C(c1ccno1)N1CCOC(CO)C1. The van der Waals surface area contributed by atoms with Gasteiger partial charge in [-0.05, 0) is 0 Å². The molecule has 0 aliphatic carbocycles. The van der Waals surface area contributed by atoms with Crippen LogP contribution in [-0.4, -0.2) is 53.5 Å². The van der Waals surface area contributed by atoms with Gasteiger partial charge in [-0.15, -0.1) is 0 Å². The van der Waals surface area contributed by atoms with Gasteiger partial charge in [0, 0.05) is 19.2 Å². The molecule has 0 saturated carbocycles. The second-order valence-corrected chi connectivity index (χ2v) is 3.30. The standard InChI is InChI=1S/C9H12N2O4/c12-6-7-5-11(3-4-14-7)9(13)8-1-2-10-15-8/h1-2,7,12H,3-6H2. The molecule has 2 heterocycles. The van der Waals surface area contributed by atoms with Crippen molar-refractivity contribution in [3.63, 3.8) is 0 Å². The van der Waals surface area contributed by atoms with Gasteiger partial charge in [-0.1, -0.05) is 5.16 Å². The Hall–Kier alpha value is -1.40. The van der Waals surface area contributed by atoms with E-state index in [-0.39, 0.29) is 24.4 Å². The maximum Gasteiger partial charge on any atom is 0.292 e. The Labute approximate surface area is 86.4 Å². The monoisotopic (exact) mass is 212 g/mol. The summed E-state index contributed by atoms with van der Waals surface area (Å²) in [6.45, 7) is 1.25. The van der Waals surface area contributed by atoms with E-state index in [1.54, 1.807) is 4.90 Å². The number of hydrogen-bond acceptors (Lipinski definition) is 5. The summed E-state index contributed by atoms with van der Waals surface area (Å²) in [5, 5.41) is 12.4. The van der Waals surface area contributed by atoms with Crippen molar-refractivity contribution in [1.29, 1.82) is 0 Å². The summed E-state index contributed by atoms with van der Waals surface area (Å²) in [6.07, 6.45) is 1.13. The van der Waals surface area contributed by atoms with Crippen LogP contribution in [0.5, 0.6) is 0 Å². The molecule has 1 atom stereocenters. The Kier molecular flexibility index (Phi) is 2.98. The van der Waals surface area contributed by atoms with Gasteiger partial charge in [-0.3, -0.25) is 4.79 Å². The summed E-state index contributed by atoms with van der Waals surface area (Å²) < 4.78 is 10.0. The topological polar surface area (TPSA) is 75.8 Å². The maximum atomic E-state index is 11.8. The van der Waals surface area contributed by atoms with Gasteiger partial charge in [0.05, 0.1) is 25.5 Å². The van der Waals surface area contributed by atoms with Crippen LogP contribution < -0.4 is 0 Å². The molecule has 0 spiro atoms. The smallest absolute Gasteiger partial charge is 0.292 e. The van der Waals surface area contributed by atoms with E-state index in [0.29, 0.717) is 19.7 Å². The molecule has 1 N–H and O–H groups in total. The van der Waals surface area contributed by atoms with Gasteiger partial charge in [0.15, 0.2) is 0 Å². The minimum atomic E-state index is -0.300. The van der Waals surface area contributed by atoms with Crippen molar-refractivity contribution in [3.05, 3.63) is 18.0 Å². The van der Waals surface area contributed by atoms with E-state index in [4.69, 9.17) is 14.4 Å². The van der Waals surface area contributed by atoms with Crippen molar-refractivity contribution < 1.29 is 19.2 Å². The second-order valence-electron chi connectivity index (χ2n) is 3.30. The van der Waals surface area contributed by atoms with Crippen LogP contribution in [0, 0.1) is 0 Å². The summed E-state index contributed by atoms with van der Waals surface area (Å²) in [5.74, 6) is 0.00263. The van der Waals surface area contributed by atoms with Gasteiger partial charge in [0.1, 0.15) is 0 Å². The summed E-state index contributed by atoms with van der Waals surface area (Å²) in [6, 6.07) is 1.52. The molecule has 2 rings (SSSR count). The number of hydrogen-bond donors (Lipinski definition) is 1. The van der Waals surface area contributed by atoms with Gasteiger partial charge >= 0.3 is 0 Å². The summed E-state index contributed by atoms with van der Waals surface area (Å²) in [4.78, 5) is 13.4. The molecule has 1 aliphatic heterocycles. The predicted molar refractivity (Wildman–Crippen MR) is 49.2 cm³/mol. The number of nitrogens with zero attached hydrogens (tertiary/aromatic N) is 2. The normalized spacial score (nSPS) is 21.7. The molecule has 6 nitrogen and oxygen atoms in total. The first-order valence-electron chi connectivity index (χ1n) is 4.73. The van der Waals surface area contributed by atoms with Crippen molar-refractivity contribution in [2.75, 3.05) is 26.3 Å². The zero-order chi connectivity index (χ0) is 10.7. The van der Waals surface area contributed by atoms with Gasteiger partial charge in [-0.25, -0.2) is 0 Å². The lowest BCUT2D eigenvalue weighted by atomic mass is 10.2. The first-order chi connectivity index (χ1) is 7.31. The van der Waals surface area contributed by atoms with Crippen LogP contribution in [0.3, 0.4) is 0 Å². The van der Waals surface area contributed by atoms with Crippen LogP contribution in [0.2, 0.25) is 0 Å². The molecule has 1 amide bonds. The quantitative estimate of drug-likeness (QED) is 0.715. The van der Waals surface area contributed by atoms with Crippen LogP contribution in [0.25, 0.3) is 0 Å². The Balaban J connectivity index is 2.01. The van der Waals surface area contributed by atoms with E-state index >= 15 is 0 Å². The summed E-state index contributed by atoms with van der Waals surface area (Å²) >= 11 is 0. The Morgan fingerprint density at radius 3 is 3.27 bits per heavy atom. The van der Waals surface area contributed by atoms with Crippen LogP contribution in [0.4, 0.5) is 0 Å². The van der Waals surface area contributed by atoms with Crippen LogP contribution >= 0.6 is 0 Å². The fourth-order valence-corrected chi connectivity index (χ4v) is 1.50. The van der Waals surface area contributed by atoms with E-state index < -0.39 is 0 Å². The lowest BCUT2D eigenvalue weighted by Gasteiger charge is -2.31. The number of morpholine rings is 1. The van der Waals surface area contributed by atoms with Crippen LogP contribution in [0.1, 0.15) is 10.6 Å². The molecule has 1 aromatic rings. The van der Waals surface area contributed by atoms with Crippen molar-refractivity contribution in [2.45, 2.75) is 6.10 Å². The number of amides is 1. The lowest BCUT2D eigenvalue weighted by Crippen LogP contribution is -2.46. The van der Waals surface area contributed by atoms with Gasteiger partial charge in [0.25, 0.3) is 5.91 Å². The largest absolute Gasteiger partial charge is 0.394 e. The molecule has 1 unspecified atom stereocenters. The molecule has 1 fully saturated rings. The number of aliphatic hydroxyl groups excluding tert-OH is 1. The molecule has 15 heavy (non-hydrogen) atoms. The first-order valence-corrected chi connectivity index (χ1v) is 4.73. The zero-order valence-corrected chi connectivity index (χ0v) is 8.13. The van der Waals surface area contributed by atoms with Gasteiger partial charge < -0.3 is 19.3 Å². The van der Waals surface area contributed by atoms with E-state index in [1.807, 2.05) is 0 Å². The fourth-order valence-electron chi connectivity index (χ4n) is 1.50. The number of rotatable bonds is 2. The van der Waals surface area contributed by atoms with Gasteiger partial charge in [-0.2, -0.15) is 0 Å². The first kappa shape index (κ1) is 10.1. The average molecular weight is 212 g/mol.